The Balaban J connectivity index is 1.38. The van der Waals surface area contributed by atoms with Crippen molar-refractivity contribution in [3.8, 4) is 0 Å². The van der Waals surface area contributed by atoms with Gasteiger partial charge in [0.05, 0.1) is 6.10 Å². The summed E-state index contributed by atoms with van der Waals surface area (Å²) in [7, 11) is 0. The van der Waals surface area contributed by atoms with Gasteiger partial charge in [0.2, 0.25) is 0 Å². The molecule has 1 heterocycles. The van der Waals surface area contributed by atoms with E-state index in [9.17, 15) is 0 Å². The molecule has 0 bridgehead atoms. The van der Waals surface area contributed by atoms with Crippen LogP contribution in [0.2, 0.25) is 0 Å². The summed E-state index contributed by atoms with van der Waals surface area (Å²) in [5, 5.41) is 3.62. The Kier molecular flexibility index (Phi) is 2.06. The molecule has 1 saturated heterocycles. The van der Waals surface area contributed by atoms with E-state index in [1.165, 1.54) is 38.6 Å². The standard InChI is InChI=1S/C11H19NO/c1-2-11(13-5-1)10-6-8(10)7-12-9-3-4-9/h8-12H,1-7H2. The van der Waals surface area contributed by atoms with Gasteiger partial charge in [-0.25, -0.2) is 0 Å². The van der Waals surface area contributed by atoms with Gasteiger partial charge in [-0.2, -0.15) is 0 Å². The molecule has 0 aromatic carbocycles. The van der Waals surface area contributed by atoms with Crippen LogP contribution in [0, 0.1) is 11.8 Å². The Morgan fingerprint density at radius 2 is 2.15 bits per heavy atom. The van der Waals surface area contributed by atoms with E-state index in [1.807, 2.05) is 0 Å². The second-order valence-electron chi connectivity index (χ2n) is 4.89. The van der Waals surface area contributed by atoms with E-state index in [0.717, 1.165) is 24.5 Å². The zero-order valence-electron chi connectivity index (χ0n) is 8.17. The van der Waals surface area contributed by atoms with Crippen LogP contribution in [0.4, 0.5) is 0 Å². The average Bonchev–Trinajstić information content (AvgIpc) is 3.04. The highest BCUT2D eigenvalue weighted by atomic mass is 16.5. The Morgan fingerprint density at radius 1 is 1.23 bits per heavy atom. The van der Waals surface area contributed by atoms with Gasteiger partial charge in [-0.3, -0.25) is 0 Å². The normalized spacial score (nSPS) is 43.8. The van der Waals surface area contributed by atoms with Gasteiger partial charge in [0.25, 0.3) is 0 Å². The van der Waals surface area contributed by atoms with Gasteiger partial charge in [0.1, 0.15) is 0 Å². The minimum atomic E-state index is 0.631. The number of ether oxygens (including phenoxy) is 1. The Bertz CT molecular complexity index is 185. The summed E-state index contributed by atoms with van der Waals surface area (Å²) >= 11 is 0. The Labute approximate surface area is 80.0 Å². The van der Waals surface area contributed by atoms with Crippen molar-refractivity contribution < 1.29 is 4.74 Å². The molecule has 1 N–H and O–H groups in total. The molecule has 1 aliphatic heterocycles. The molecule has 2 nitrogen and oxygen atoms in total. The van der Waals surface area contributed by atoms with Gasteiger partial charge >= 0.3 is 0 Å². The maximum absolute atomic E-state index is 5.70. The predicted octanol–water partition coefficient (Wildman–Crippen LogP) is 1.55. The van der Waals surface area contributed by atoms with E-state index in [0.29, 0.717) is 6.10 Å². The molecule has 0 aromatic heterocycles. The third kappa shape index (κ3) is 1.89. The van der Waals surface area contributed by atoms with Crippen LogP contribution < -0.4 is 5.32 Å². The molecular formula is C11H19NO. The quantitative estimate of drug-likeness (QED) is 0.710. The number of rotatable bonds is 4. The molecule has 0 spiro atoms. The molecule has 74 valence electrons. The van der Waals surface area contributed by atoms with Crippen molar-refractivity contribution in [3.05, 3.63) is 0 Å². The molecule has 3 rings (SSSR count). The van der Waals surface area contributed by atoms with E-state index in [4.69, 9.17) is 4.74 Å². The molecule has 3 atom stereocenters. The van der Waals surface area contributed by atoms with Crippen molar-refractivity contribution in [3.63, 3.8) is 0 Å². The smallest absolute Gasteiger partial charge is 0.0607 e. The highest BCUT2D eigenvalue weighted by Crippen LogP contribution is 2.45. The zero-order chi connectivity index (χ0) is 8.67. The van der Waals surface area contributed by atoms with Crippen molar-refractivity contribution in [2.75, 3.05) is 13.2 Å². The number of hydrogen-bond acceptors (Lipinski definition) is 2. The second kappa shape index (κ2) is 3.25. The lowest BCUT2D eigenvalue weighted by Crippen LogP contribution is -2.21. The fourth-order valence-electron chi connectivity index (χ4n) is 2.51. The summed E-state index contributed by atoms with van der Waals surface area (Å²) < 4.78 is 5.70. The Morgan fingerprint density at radius 3 is 2.85 bits per heavy atom. The van der Waals surface area contributed by atoms with Crippen molar-refractivity contribution in [2.45, 2.75) is 44.2 Å². The molecule has 3 aliphatic rings. The summed E-state index contributed by atoms with van der Waals surface area (Å²) in [6, 6.07) is 0.880. The fourth-order valence-corrected chi connectivity index (χ4v) is 2.51. The Hall–Kier alpha value is -0.0800. The lowest BCUT2D eigenvalue weighted by molar-refractivity contribution is 0.0896. The highest BCUT2D eigenvalue weighted by Gasteiger charge is 2.44. The predicted molar refractivity (Wildman–Crippen MR) is 51.6 cm³/mol. The molecule has 0 aromatic rings. The van der Waals surface area contributed by atoms with Crippen LogP contribution in [0.1, 0.15) is 32.1 Å². The lowest BCUT2D eigenvalue weighted by atomic mass is 10.1. The van der Waals surface area contributed by atoms with Crippen molar-refractivity contribution >= 4 is 0 Å². The van der Waals surface area contributed by atoms with E-state index >= 15 is 0 Å². The summed E-state index contributed by atoms with van der Waals surface area (Å²) in [6.45, 7) is 2.28. The third-order valence-corrected chi connectivity index (χ3v) is 3.67. The van der Waals surface area contributed by atoms with Crippen molar-refractivity contribution in [1.82, 2.24) is 5.32 Å². The SMILES string of the molecule is C1COC(C2CC2CNC2CC2)C1. The molecule has 0 radical (unpaired) electrons. The fraction of sp³-hybridized carbons (Fsp3) is 1.00. The third-order valence-electron chi connectivity index (χ3n) is 3.67. The van der Waals surface area contributed by atoms with Crippen LogP contribution in [0.25, 0.3) is 0 Å². The zero-order valence-corrected chi connectivity index (χ0v) is 8.17. The van der Waals surface area contributed by atoms with E-state index in [1.54, 1.807) is 0 Å². The maximum atomic E-state index is 5.70. The highest BCUT2D eigenvalue weighted by molar-refractivity contribution is 4.96. The van der Waals surface area contributed by atoms with Gasteiger partial charge in [-0.1, -0.05) is 0 Å². The van der Waals surface area contributed by atoms with Crippen LogP contribution in [0.15, 0.2) is 0 Å². The van der Waals surface area contributed by atoms with Crippen LogP contribution in [-0.2, 0) is 4.74 Å². The lowest BCUT2D eigenvalue weighted by Gasteiger charge is -2.08. The van der Waals surface area contributed by atoms with Crippen LogP contribution in [0.5, 0.6) is 0 Å². The van der Waals surface area contributed by atoms with Gasteiger partial charge in [-0.15, -0.1) is 0 Å². The largest absolute Gasteiger partial charge is 0.378 e. The molecule has 2 heteroatoms. The second-order valence-corrected chi connectivity index (χ2v) is 4.89. The number of nitrogens with one attached hydrogen (secondary N) is 1. The first kappa shape index (κ1) is 8.25. The maximum Gasteiger partial charge on any atom is 0.0607 e. The first-order chi connectivity index (χ1) is 6.43. The summed E-state index contributed by atoms with van der Waals surface area (Å²) in [4.78, 5) is 0. The van der Waals surface area contributed by atoms with E-state index in [2.05, 4.69) is 5.32 Å². The van der Waals surface area contributed by atoms with Crippen molar-refractivity contribution in [2.24, 2.45) is 11.8 Å². The van der Waals surface area contributed by atoms with E-state index in [-0.39, 0.29) is 0 Å². The van der Waals surface area contributed by atoms with Crippen molar-refractivity contribution in [1.29, 1.82) is 0 Å². The topological polar surface area (TPSA) is 21.3 Å². The minimum Gasteiger partial charge on any atom is -0.378 e. The summed E-state index contributed by atoms with van der Waals surface area (Å²) in [5.41, 5.74) is 0. The summed E-state index contributed by atoms with van der Waals surface area (Å²) in [5.74, 6) is 1.86. The average molecular weight is 181 g/mol. The molecule has 2 saturated carbocycles. The monoisotopic (exact) mass is 181 g/mol. The molecule has 3 unspecified atom stereocenters. The first-order valence-electron chi connectivity index (χ1n) is 5.78. The van der Waals surface area contributed by atoms with Crippen LogP contribution in [0.3, 0.4) is 0 Å². The first-order valence-corrected chi connectivity index (χ1v) is 5.78. The molecule has 3 fully saturated rings. The molecule has 2 aliphatic carbocycles. The van der Waals surface area contributed by atoms with Gasteiger partial charge < -0.3 is 10.1 Å². The van der Waals surface area contributed by atoms with Crippen LogP contribution in [-0.4, -0.2) is 25.3 Å². The van der Waals surface area contributed by atoms with E-state index < -0.39 is 0 Å². The summed E-state index contributed by atoms with van der Waals surface area (Å²) in [6.07, 6.45) is 7.50. The van der Waals surface area contributed by atoms with Gasteiger partial charge in [0, 0.05) is 12.6 Å². The number of hydrogen-bond donors (Lipinski definition) is 1. The molecular weight excluding hydrogens is 162 g/mol. The molecule has 0 amide bonds. The van der Waals surface area contributed by atoms with Gasteiger partial charge in [0.15, 0.2) is 0 Å². The van der Waals surface area contributed by atoms with Crippen LogP contribution >= 0.6 is 0 Å². The minimum absolute atomic E-state index is 0.631. The van der Waals surface area contributed by atoms with Gasteiger partial charge in [-0.05, 0) is 50.5 Å². The molecule has 13 heavy (non-hydrogen) atoms.